The van der Waals surface area contributed by atoms with E-state index in [4.69, 9.17) is 0 Å². The van der Waals surface area contributed by atoms with Crippen molar-refractivity contribution in [2.24, 2.45) is 5.92 Å². The van der Waals surface area contributed by atoms with Crippen LogP contribution in [0.15, 0.2) is 187 Å². The normalized spacial score (nSPS) is 21.8. The van der Waals surface area contributed by atoms with Gasteiger partial charge in [-0.1, -0.05) is 134 Å². The monoisotopic (exact) mass is 638 g/mol. The highest BCUT2D eigenvalue weighted by molar-refractivity contribution is 5.90. The molecule has 0 saturated carbocycles. The van der Waals surface area contributed by atoms with Crippen LogP contribution in [0.2, 0.25) is 0 Å². The number of benzene rings is 6. The van der Waals surface area contributed by atoms with Crippen LogP contribution in [0, 0.1) is 5.92 Å². The minimum atomic E-state index is 0.213. The Labute approximate surface area is 292 Å². The third-order valence-corrected chi connectivity index (χ3v) is 11.5. The molecule has 0 saturated heterocycles. The van der Waals surface area contributed by atoms with Crippen LogP contribution in [0.25, 0.3) is 22.4 Å². The van der Waals surface area contributed by atoms with Crippen LogP contribution in [0.5, 0.6) is 0 Å². The molecule has 0 fully saturated rings. The van der Waals surface area contributed by atoms with Gasteiger partial charge in [0.1, 0.15) is 0 Å². The first-order chi connectivity index (χ1) is 24.8. The fraction of sp³-hybridized carbons (Fsp3) is 0.0833. The Morgan fingerprint density at radius 2 is 1.38 bits per heavy atom. The summed E-state index contributed by atoms with van der Waals surface area (Å²) >= 11 is 0. The van der Waals surface area contributed by atoms with Crippen LogP contribution in [-0.2, 0) is 0 Å². The van der Waals surface area contributed by atoms with Crippen LogP contribution in [0.1, 0.15) is 28.5 Å². The van der Waals surface area contributed by atoms with Crippen molar-refractivity contribution in [3.05, 3.63) is 214 Å². The molecule has 4 unspecified atom stereocenters. The molecular weight excluding hydrogens is 605 g/mol. The topological polar surface area (TPSA) is 6.48 Å². The van der Waals surface area contributed by atoms with Crippen molar-refractivity contribution in [1.29, 1.82) is 0 Å². The lowest BCUT2D eigenvalue weighted by Gasteiger charge is -2.33. The maximum absolute atomic E-state index is 2.51. The first-order valence-corrected chi connectivity index (χ1v) is 17.8. The average Bonchev–Trinajstić information content (AvgIpc) is 3.69. The Balaban J connectivity index is 1.09. The summed E-state index contributed by atoms with van der Waals surface area (Å²) in [6.07, 6.45) is 16.7. The van der Waals surface area contributed by atoms with Gasteiger partial charge in [0.25, 0.3) is 0 Å². The molecule has 0 radical (unpaired) electrons. The molecule has 2 nitrogen and oxygen atoms in total. The Kier molecular flexibility index (Phi) is 5.94. The van der Waals surface area contributed by atoms with E-state index in [0.29, 0.717) is 11.8 Å². The van der Waals surface area contributed by atoms with Crippen molar-refractivity contribution in [3.8, 4) is 0 Å². The summed E-state index contributed by atoms with van der Waals surface area (Å²) in [4.78, 5) is 5.00. The molecular formula is C48H34N2. The van der Waals surface area contributed by atoms with Gasteiger partial charge >= 0.3 is 0 Å². The third kappa shape index (κ3) is 4.02. The summed E-state index contributed by atoms with van der Waals surface area (Å²) in [6, 6.07) is 51.7. The van der Waals surface area contributed by atoms with Gasteiger partial charge in [-0.05, 0) is 97.6 Å². The minimum Gasteiger partial charge on any atom is -0.333 e. The van der Waals surface area contributed by atoms with Gasteiger partial charge in [0.2, 0.25) is 0 Å². The third-order valence-electron chi connectivity index (χ3n) is 11.5. The highest BCUT2D eigenvalue weighted by Crippen LogP contribution is 2.53. The number of para-hydroxylation sites is 2. The van der Waals surface area contributed by atoms with Gasteiger partial charge in [-0.25, -0.2) is 0 Å². The van der Waals surface area contributed by atoms with E-state index < -0.39 is 0 Å². The van der Waals surface area contributed by atoms with Crippen LogP contribution >= 0.6 is 0 Å². The molecule has 11 rings (SSSR count). The zero-order valence-corrected chi connectivity index (χ0v) is 27.5. The zero-order chi connectivity index (χ0) is 32.8. The Hall–Kier alpha value is -6.12. The molecule has 236 valence electrons. The first kappa shape index (κ1) is 27.8. The fourth-order valence-corrected chi connectivity index (χ4v) is 9.35. The average molecular weight is 639 g/mol. The quantitative estimate of drug-likeness (QED) is 0.190. The molecule has 1 heterocycles. The van der Waals surface area contributed by atoms with Crippen molar-refractivity contribution < 1.29 is 0 Å². The van der Waals surface area contributed by atoms with Gasteiger partial charge in [-0.2, -0.15) is 0 Å². The van der Waals surface area contributed by atoms with E-state index in [1.165, 1.54) is 77.5 Å². The van der Waals surface area contributed by atoms with Gasteiger partial charge in [0.15, 0.2) is 0 Å². The number of allylic oxidation sites excluding steroid dienone is 5. The molecule has 0 amide bonds. The zero-order valence-electron chi connectivity index (χ0n) is 27.5. The number of rotatable bonds is 4. The summed E-state index contributed by atoms with van der Waals surface area (Å²) in [5.41, 5.74) is 13.2. The molecule has 2 heteroatoms. The number of nitrogens with zero attached hydrogens (tertiary/aromatic N) is 2. The van der Waals surface area contributed by atoms with Gasteiger partial charge in [-0.15, -0.1) is 0 Å². The van der Waals surface area contributed by atoms with Crippen molar-refractivity contribution in [2.75, 3.05) is 9.80 Å². The van der Waals surface area contributed by atoms with Crippen molar-refractivity contribution in [1.82, 2.24) is 0 Å². The van der Waals surface area contributed by atoms with Crippen LogP contribution in [0.3, 0.4) is 0 Å². The summed E-state index contributed by atoms with van der Waals surface area (Å²) < 4.78 is 0. The second kappa shape index (κ2) is 10.7. The van der Waals surface area contributed by atoms with Gasteiger partial charge < -0.3 is 9.80 Å². The molecule has 0 spiro atoms. The van der Waals surface area contributed by atoms with E-state index in [0.717, 1.165) is 0 Å². The Morgan fingerprint density at radius 3 is 2.32 bits per heavy atom. The minimum absolute atomic E-state index is 0.213. The maximum Gasteiger partial charge on any atom is 0.0631 e. The lowest BCUT2D eigenvalue weighted by Crippen LogP contribution is -2.33. The second-order valence-electron chi connectivity index (χ2n) is 14.1. The lowest BCUT2D eigenvalue weighted by molar-refractivity contribution is 0.725. The largest absolute Gasteiger partial charge is 0.333 e. The fourth-order valence-electron chi connectivity index (χ4n) is 9.35. The number of hydrogen-bond donors (Lipinski definition) is 0. The smallest absolute Gasteiger partial charge is 0.0631 e. The predicted molar refractivity (Wildman–Crippen MR) is 207 cm³/mol. The predicted octanol–water partition coefficient (Wildman–Crippen LogP) is 9.94. The molecule has 1 aliphatic heterocycles. The molecule has 6 aromatic carbocycles. The van der Waals surface area contributed by atoms with Crippen molar-refractivity contribution in [2.45, 2.75) is 17.9 Å². The molecule has 5 aliphatic rings. The van der Waals surface area contributed by atoms with Gasteiger partial charge in [-0.3, -0.25) is 0 Å². The van der Waals surface area contributed by atoms with Crippen LogP contribution in [-0.4, -0.2) is 6.04 Å². The van der Waals surface area contributed by atoms with Crippen LogP contribution < -0.4 is 20.2 Å². The Bertz CT molecular complexity index is 2640. The van der Waals surface area contributed by atoms with E-state index in [9.17, 15) is 0 Å². The number of hydrogen-bond acceptors (Lipinski definition) is 2. The van der Waals surface area contributed by atoms with E-state index in [1.807, 2.05) is 0 Å². The highest BCUT2D eigenvalue weighted by atomic mass is 15.2. The molecule has 6 aromatic rings. The molecule has 4 atom stereocenters. The number of anilines is 4. The highest BCUT2D eigenvalue weighted by Gasteiger charge is 2.41. The van der Waals surface area contributed by atoms with E-state index in [2.05, 4.69) is 192 Å². The number of fused-ring (bicyclic) bond motifs is 8. The SMILES string of the molecule is C1=CC2c3cc(N(C4=CC5c6ccccc6N(c6ccccc6)C5C=C4)c4ccc5ccccc5c4)ccc3C3=c4ccccc4=CC(=C1)C32. The van der Waals surface area contributed by atoms with E-state index in [1.54, 1.807) is 0 Å². The molecule has 50 heavy (non-hydrogen) atoms. The van der Waals surface area contributed by atoms with Gasteiger partial charge in [0.05, 0.1) is 6.04 Å². The van der Waals surface area contributed by atoms with Crippen molar-refractivity contribution in [3.63, 3.8) is 0 Å². The van der Waals surface area contributed by atoms with E-state index >= 15 is 0 Å². The summed E-state index contributed by atoms with van der Waals surface area (Å²) in [5, 5.41) is 5.19. The second-order valence-corrected chi connectivity index (χ2v) is 14.1. The first-order valence-electron chi connectivity index (χ1n) is 17.8. The van der Waals surface area contributed by atoms with E-state index in [-0.39, 0.29) is 12.0 Å². The summed E-state index contributed by atoms with van der Waals surface area (Å²) in [6.45, 7) is 0. The molecule has 0 aromatic heterocycles. The standard InChI is InChI=1S/C48H34N2/c1-2-15-35(16-3-1)50-45-20-9-8-18-40(45)44-30-38(24-26-46(44)50)49(36-22-21-31-11-4-5-12-32(31)28-36)37-23-25-42-43(29-37)41-19-10-14-34-27-33-13-6-7-17-39(33)48(42)47(34)41/h1-30,41,44,46-47H. The van der Waals surface area contributed by atoms with Crippen LogP contribution in [0.4, 0.5) is 22.7 Å². The molecule has 0 bridgehead atoms. The summed E-state index contributed by atoms with van der Waals surface area (Å²) in [7, 11) is 0. The molecule has 0 N–H and O–H groups in total. The molecule has 4 aliphatic carbocycles. The van der Waals surface area contributed by atoms with Crippen molar-refractivity contribution >= 4 is 45.2 Å². The maximum atomic E-state index is 2.51. The van der Waals surface area contributed by atoms with Gasteiger partial charge in [0, 0.05) is 46.2 Å². The Morgan fingerprint density at radius 1 is 0.600 bits per heavy atom. The summed E-state index contributed by atoms with van der Waals surface area (Å²) in [5.74, 6) is 0.912. The lowest BCUT2D eigenvalue weighted by atomic mass is 9.77.